The third kappa shape index (κ3) is 2.08. The van der Waals surface area contributed by atoms with Crippen LogP contribution in [-0.2, 0) is 0 Å². The van der Waals surface area contributed by atoms with Crippen LogP contribution in [0, 0.1) is 5.41 Å². The molecule has 1 fully saturated rings. The largest absolute Gasteiger partial charge is 0.494 e. The quantitative estimate of drug-likeness (QED) is 0.835. The van der Waals surface area contributed by atoms with E-state index in [0.717, 1.165) is 11.3 Å². The summed E-state index contributed by atoms with van der Waals surface area (Å²) in [6, 6.07) is 6.89. The van der Waals surface area contributed by atoms with Crippen molar-refractivity contribution in [3.8, 4) is 5.75 Å². The summed E-state index contributed by atoms with van der Waals surface area (Å²) in [7, 11) is 1.68. The predicted octanol–water partition coefficient (Wildman–Crippen LogP) is 1.76. The minimum absolute atomic E-state index is 0.210. The maximum atomic E-state index is 11.4. The molecular weight excluding hydrogens is 218 g/mol. The van der Waals surface area contributed by atoms with E-state index in [0.29, 0.717) is 6.61 Å². The Bertz CT molecular complexity index is 442. The van der Waals surface area contributed by atoms with Crippen LogP contribution in [0.4, 0.5) is 4.79 Å². The second kappa shape index (κ2) is 4.45. The Morgan fingerprint density at radius 1 is 1.41 bits per heavy atom. The van der Waals surface area contributed by atoms with E-state index in [2.05, 4.69) is 5.32 Å². The van der Waals surface area contributed by atoms with E-state index in [1.807, 2.05) is 31.2 Å². The van der Waals surface area contributed by atoms with Crippen LogP contribution in [0.1, 0.15) is 18.5 Å². The first-order valence-electron chi connectivity index (χ1n) is 5.48. The number of rotatable bonds is 3. The number of urea groups is 1. The van der Waals surface area contributed by atoms with E-state index in [1.165, 1.54) is 4.90 Å². The van der Waals surface area contributed by atoms with Gasteiger partial charge in [-0.1, -0.05) is 12.1 Å². The van der Waals surface area contributed by atoms with E-state index >= 15 is 0 Å². The number of benzene rings is 1. The lowest BCUT2D eigenvalue weighted by Gasteiger charge is -2.18. The lowest BCUT2D eigenvalue weighted by molar-refractivity contribution is 0.217. The molecule has 1 aromatic rings. The number of hydrogen-bond acceptors (Lipinski definition) is 3. The van der Waals surface area contributed by atoms with Gasteiger partial charge in [0.25, 0.3) is 0 Å². The molecule has 0 spiro atoms. The highest BCUT2D eigenvalue weighted by Crippen LogP contribution is 2.25. The van der Waals surface area contributed by atoms with Gasteiger partial charge in [-0.3, -0.25) is 10.7 Å². The summed E-state index contributed by atoms with van der Waals surface area (Å²) in [6.07, 6.45) is 0. The Morgan fingerprint density at radius 2 is 2.06 bits per heavy atom. The second-order valence-corrected chi connectivity index (χ2v) is 3.86. The maximum Gasteiger partial charge on any atom is 0.323 e. The van der Waals surface area contributed by atoms with Gasteiger partial charge in [0.05, 0.1) is 6.61 Å². The molecule has 0 aromatic heterocycles. The van der Waals surface area contributed by atoms with Crippen molar-refractivity contribution in [2.75, 3.05) is 13.7 Å². The van der Waals surface area contributed by atoms with Crippen LogP contribution in [-0.4, -0.2) is 30.4 Å². The first-order chi connectivity index (χ1) is 8.13. The number of ether oxygens (including phenoxy) is 1. The summed E-state index contributed by atoms with van der Waals surface area (Å²) in [6.45, 7) is 2.55. The van der Waals surface area contributed by atoms with Crippen molar-refractivity contribution in [2.45, 2.75) is 13.0 Å². The normalized spacial score (nSPS) is 19.4. The van der Waals surface area contributed by atoms with Gasteiger partial charge in [0, 0.05) is 7.05 Å². The van der Waals surface area contributed by atoms with E-state index in [-0.39, 0.29) is 17.9 Å². The molecule has 0 aliphatic carbocycles. The molecule has 1 saturated heterocycles. The van der Waals surface area contributed by atoms with Gasteiger partial charge in [0.15, 0.2) is 0 Å². The highest BCUT2D eigenvalue weighted by atomic mass is 16.5. The van der Waals surface area contributed by atoms with Crippen LogP contribution >= 0.6 is 0 Å². The Balaban J connectivity index is 2.22. The number of carbonyl (C=O) groups is 1. The number of likely N-dealkylation sites (N-methyl/N-ethyl adjacent to an activating group) is 1. The van der Waals surface area contributed by atoms with Gasteiger partial charge >= 0.3 is 6.03 Å². The molecule has 90 valence electrons. The summed E-state index contributed by atoms with van der Waals surface area (Å²) in [4.78, 5) is 12.9. The van der Waals surface area contributed by atoms with E-state index in [4.69, 9.17) is 10.1 Å². The molecule has 2 rings (SSSR count). The highest BCUT2D eigenvalue weighted by molar-refractivity contribution is 6.05. The van der Waals surface area contributed by atoms with Crippen molar-refractivity contribution < 1.29 is 9.53 Å². The van der Waals surface area contributed by atoms with Gasteiger partial charge in [-0.25, -0.2) is 4.79 Å². The highest BCUT2D eigenvalue weighted by Gasteiger charge is 2.33. The topological polar surface area (TPSA) is 65.4 Å². The van der Waals surface area contributed by atoms with Gasteiger partial charge in [-0.15, -0.1) is 0 Å². The first-order valence-corrected chi connectivity index (χ1v) is 5.48. The van der Waals surface area contributed by atoms with Crippen molar-refractivity contribution in [3.05, 3.63) is 29.8 Å². The summed E-state index contributed by atoms with van der Waals surface area (Å²) in [5, 5.41) is 10.2. The minimum atomic E-state index is -0.321. The summed E-state index contributed by atoms with van der Waals surface area (Å²) >= 11 is 0. The van der Waals surface area contributed by atoms with Gasteiger partial charge in [-0.05, 0) is 24.6 Å². The molecule has 2 amide bonds. The van der Waals surface area contributed by atoms with Crippen molar-refractivity contribution in [3.63, 3.8) is 0 Å². The zero-order chi connectivity index (χ0) is 12.4. The number of nitrogens with zero attached hydrogens (tertiary/aromatic N) is 1. The fourth-order valence-corrected chi connectivity index (χ4v) is 1.89. The second-order valence-electron chi connectivity index (χ2n) is 3.86. The number of amidine groups is 1. The van der Waals surface area contributed by atoms with Gasteiger partial charge in [0.1, 0.15) is 17.6 Å². The SMILES string of the molecule is CCOc1ccc(C2C(=N)NC(=O)N2C)cc1. The lowest BCUT2D eigenvalue weighted by Crippen LogP contribution is -2.25. The average Bonchev–Trinajstić information content (AvgIpc) is 2.55. The molecule has 1 aliphatic rings. The fraction of sp³-hybridized carbons (Fsp3) is 0.333. The monoisotopic (exact) mass is 233 g/mol. The molecule has 1 aromatic carbocycles. The van der Waals surface area contributed by atoms with Crippen molar-refractivity contribution in [1.29, 1.82) is 5.41 Å². The van der Waals surface area contributed by atoms with Crippen LogP contribution < -0.4 is 10.1 Å². The van der Waals surface area contributed by atoms with Crippen molar-refractivity contribution in [1.82, 2.24) is 10.2 Å². The molecule has 0 radical (unpaired) electrons. The zero-order valence-electron chi connectivity index (χ0n) is 9.86. The van der Waals surface area contributed by atoms with Crippen LogP contribution in [0.25, 0.3) is 0 Å². The Labute approximate surface area is 99.9 Å². The summed E-state index contributed by atoms with van der Waals surface area (Å²) < 4.78 is 5.35. The molecule has 5 nitrogen and oxygen atoms in total. The fourth-order valence-electron chi connectivity index (χ4n) is 1.89. The smallest absolute Gasteiger partial charge is 0.323 e. The number of nitrogens with one attached hydrogen (secondary N) is 2. The molecule has 0 saturated carbocycles. The molecule has 1 atom stereocenters. The Kier molecular flexibility index (Phi) is 2.99. The minimum Gasteiger partial charge on any atom is -0.494 e. The molecule has 1 heterocycles. The molecule has 1 unspecified atom stereocenters. The molecule has 5 heteroatoms. The Hall–Kier alpha value is -2.04. The summed E-state index contributed by atoms with van der Waals surface area (Å²) in [5.41, 5.74) is 0.902. The van der Waals surface area contributed by atoms with Crippen LogP contribution in [0.3, 0.4) is 0 Å². The number of amides is 2. The lowest BCUT2D eigenvalue weighted by atomic mass is 10.1. The predicted molar refractivity (Wildman–Crippen MR) is 64.4 cm³/mol. The third-order valence-electron chi connectivity index (χ3n) is 2.73. The van der Waals surface area contributed by atoms with E-state index in [9.17, 15) is 4.79 Å². The number of carbonyl (C=O) groups excluding carboxylic acids is 1. The molecule has 2 N–H and O–H groups in total. The standard InChI is InChI=1S/C12H15N3O2/c1-3-17-9-6-4-8(5-7-9)10-11(13)14-12(16)15(10)2/h4-7,10H,3H2,1-2H3,(H2,13,14,16). The molecule has 0 bridgehead atoms. The Morgan fingerprint density at radius 3 is 2.53 bits per heavy atom. The van der Waals surface area contributed by atoms with Crippen molar-refractivity contribution >= 4 is 11.9 Å². The van der Waals surface area contributed by atoms with Gasteiger partial charge < -0.3 is 9.64 Å². The average molecular weight is 233 g/mol. The van der Waals surface area contributed by atoms with Crippen LogP contribution in [0.2, 0.25) is 0 Å². The molecular formula is C12H15N3O2. The number of hydrogen-bond donors (Lipinski definition) is 2. The zero-order valence-corrected chi connectivity index (χ0v) is 9.86. The van der Waals surface area contributed by atoms with Gasteiger partial charge in [-0.2, -0.15) is 0 Å². The summed E-state index contributed by atoms with van der Waals surface area (Å²) in [5.74, 6) is 1.00. The van der Waals surface area contributed by atoms with E-state index < -0.39 is 0 Å². The van der Waals surface area contributed by atoms with Crippen LogP contribution in [0.15, 0.2) is 24.3 Å². The van der Waals surface area contributed by atoms with E-state index in [1.54, 1.807) is 7.05 Å². The third-order valence-corrected chi connectivity index (χ3v) is 2.73. The molecule has 1 aliphatic heterocycles. The molecule has 17 heavy (non-hydrogen) atoms. The van der Waals surface area contributed by atoms with Crippen LogP contribution in [0.5, 0.6) is 5.75 Å². The first kappa shape index (κ1) is 11.4. The van der Waals surface area contributed by atoms with Gasteiger partial charge in [0.2, 0.25) is 0 Å². The van der Waals surface area contributed by atoms with Crippen molar-refractivity contribution in [2.24, 2.45) is 0 Å². The maximum absolute atomic E-state index is 11.4.